The zero-order valence-electron chi connectivity index (χ0n) is 8.98. The van der Waals surface area contributed by atoms with Crippen LogP contribution >= 0.6 is 27.5 Å². The van der Waals surface area contributed by atoms with Crippen LogP contribution in [-0.2, 0) is 0 Å². The molecule has 2 rings (SSSR count). The number of rotatable bonds is 3. The average molecular weight is 315 g/mol. The highest BCUT2D eigenvalue weighted by molar-refractivity contribution is 9.10. The van der Waals surface area contributed by atoms with Crippen LogP contribution in [0.3, 0.4) is 0 Å². The molecule has 0 saturated heterocycles. The van der Waals surface area contributed by atoms with E-state index in [1.807, 2.05) is 6.07 Å². The smallest absolute Gasteiger partial charge is 0.216 e. The Bertz CT molecular complexity index is 534. The van der Waals surface area contributed by atoms with E-state index in [0.717, 1.165) is 4.47 Å². The van der Waals surface area contributed by atoms with Crippen molar-refractivity contribution in [3.63, 3.8) is 0 Å². The Kier molecular flexibility index (Phi) is 3.86. The van der Waals surface area contributed by atoms with Crippen LogP contribution in [0.1, 0.15) is 0 Å². The summed E-state index contributed by atoms with van der Waals surface area (Å²) in [6.45, 7) is 0. The van der Waals surface area contributed by atoms with Crippen LogP contribution in [0.2, 0.25) is 5.02 Å². The number of hydrogen-bond donors (Lipinski definition) is 0. The molecule has 2 aromatic rings. The van der Waals surface area contributed by atoms with Crippen LogP contribution in [0.25, 0.3) is 0 Å². The van der Waals surface area contributed by atoms with E-state index >= 15 is 0 Å². The van der Waals surface area contributed by atoms with Gasteiger partial charge in [0.05, 0.1) is 12.1 Å². The number of pyridine rings is 1. The van der Waals surface area contributed by atoms with Gasteiger partial charge in [-0.3, -0.25) is 0 Å². The number of methoxy groups -OCH3 is 1. The van der Waals surface area contributed by atoms with Crippen molar-refractivity contribution in [2.45, 2.75) is 0 Å². The van der Waals surface area contributed by atoms with Gasteiger partial charge in [0.15, 0.2) is 0 Å². The summed E-state index contributed by atoms with van der Waals surface area (Å²) in [6.07, 6.45) is 1.61. The molecule has 17 heavy (non-hydrogen) atoms. The molecule has 3 nitrogen and oxygen atoms in total. The van der Waals surface area contributed by atoms with E-state index in [1.54, 1.807) is 37.6 Å². The second-order valence-corrected chi connectivity index (χ2v) is 4.53. The molecule has 1 aromatic heterocycles. The molecule has 0 atom stereocenters. The molecule has 0 fully saturated rings. The zero-order valence-corrected chi connectivity index (χ0v) is 11.3. The van der Waals surface area contributed by atoms with E-state index in [9.17, 15) is 0 Å². The predicted molar refractivity (Wildman–Crippen MR) is 70.0 cm³/mol. The maximum Gasteiger partial charge on any atom is 0.216 e. The van der Waals surface area contributed by atoms with Crippen molar-refractivity contribution in [1.82, 2.24) is 4.98 Å². The molecule has 5 heteroatoms. The van der Waals surface area contributed by atoms with Gasteiger partial charge < -0.3 is 9.47 Å². The molecule has 0 N–H and O–H groups in total. The summed E-state index contributed by atoms with van der Waals surface area (Å²) in [7, 11) is 1.55. The standard InChI is InChI=1S/C12H9BrClNO2/c1-16-12-7-9(4-5-15-12)17-11-6-8(13)2-3-10(11)14/h2-7H,1H3. The lowest BCUT2D eigenvalue weighted by Crippen LogP contribution is -1.89. The molecule has 0 aliphatic heterocycles. The number of benzene rings is 1. The quantitative estimate of drug-likeness (QED) is 0.846. The molecule has 0 saturated carbocycles. The average Bonchev–Trinajstić information content (AvgIpc) is 2.34. The first-order chi connectivity index (χ1) is 8.19. The van der Waals surface area contributed by atoms with Crippen molar-refractivity contribution in [1.29, 1.82) is 0 Å². The Morgan fingerprint density at radius 3 is 2.82 bits per heavy atom. The van der Waals surface area contributed by atoms with Crippen molar-refractivity contribution in [2.24, 2.45) is 0 Å². The van der Waals surface area contributed by atoms with E-state index in [1.165, 1.54) is 0 Å². The van der Waals surface area contributed by atoms with Gasteiger partial charge in [-0.05, 0) is 24.3 Å². The first-order valence-corrected chi connectivity index (χ1v) is 5.99. The van der Waals surface area contributed by atoms with Crippen LogP contribution in [0, 0.1) is 0 Å². The van der Waals surface area contributed by atoms with Crippen LogP contribution in [0.4, 0.5) is 0 Å². The maximum absolute atomic E-state index is 6.03. The molecule has 0 radical (unpaired) electrons. The molecule has 0 aliphatic rings. The van der Waals surface area contributed by atoms with Gasteiger partial charge in [0.25, 0.3) is 0 Å². The number of nitrogens with zero attached hydrogens (tertiary/aromatic N) is 1. The van der Waals surface area contributed by atoms with Crippen LogP contribution in [0.5, 0.6) is 17.4 Å². The molecule has 0 unspecified atom stereocenters. The highest BCUT2D eigenvalue weighted by atomic mass is 79.9. The van der Waals surface area contributed by atoms with Gasteiger partial charge in [-0.15, -0.1) is 0 Å². The van der Waals surface area contributed by atoms with Gasteiger partial charge >= 0.3 is 0 Å². The van der Waals surface area contributed by atoms with Crippen molar-refractivity contribution >= 4 is 27.5 Å². The number of ether oxygens (including phenoxy) is 2. The van der Waals surface area contributed by atoms with Crippen molar-refractivity contribution in [2.75, 3.05) is 7.11 Å². The van der Waals surface area contributed by atoms with E-state index in [4.69, 9.17) is 21.1 Å². The Labute approximate surface area is 112 Å². The fourth-order valence-electron chi connectivity index (χ4n) is 1.25. The summed E-state index contributed by atoms with van der Waals surface area (Å²) in [5.41, 5.74) is 0. The Balaban J connectivity index is 2.27. The minimum Gasteiger partial charge on any atom is -0.481 e. The van der Waals surface area contributed by atoms with Crippen LogP contribution < -0.4 is 9.47 Å². The monoisotopic (exact) mass is 313 g/mol. The van der Waals surface area contributed by atoms with E-state index in [0.29, 0.717) is 22.4 Å². The summed E-state index contributed by atoms with van der Waals surface area (Å²) in [5.74, 6) is 1.69. The summed E-state index contributed by atoms with van der Waals surface area (Å²) >= 11 is 9.39. The molecule has 1 aromatic carbocycles. The van der Waals surface area contributed by atoms with Gasteiger partial charge in [0.2, 0.25) is 5.88 Å². The normalized spacial score (nSPS) is 10.1. The lowest BCUT2D eigenvalue weighted by Gasteiger charge is -2.08. The first-order valence-electron chi connectivity index (χ1n) is 4.82. The highest BCUT2D eigenvalue weighted by Gasteiger charge is 2.05. The number of aromatic nitrogens is 1. The van der Waals surface area contributed by atoms with Gasteiger partial charge in [-0.2, -0.15) is 0 Å². The number of hydrogen-bond acceptors (Lipinski definition) is 3. The highest BCUT2D eigenvalue weighted by Crippen LogP contribution is 2.32. The van der Waals surface area contributed by atoms with E-state index in [-0.39, 0.29) is 0 Å². The van der Waals surface area contributed by atoms with Gasteiger partial charge in [-0.1, -0.05) is 27.5 Å². The molecule has 0 spiro atoms. The largest absolute Gasteiger partial charge is 0.481 e. The maximum atomic E-state index is 6.03. The molecule has 88 valence electrons. The minimum absolute atomic E-state index is 0.494. The van der Waals surface area contributed by atoms with Crippen LogP contribution in [0.15, 0.2) is 41.0 Å². The minimum atomic E-state index is 0.494. The molecule has 0 bridgehead atoms. The summed E-state index contributed by atoms with van der Waals surface area (Å²) in [6, 6.07) is 8.84. The molecular formula is C12H9BrClNO2. The fraction of sp³-hybridized carbons (Fsp3) is 0.0833. The third-order valence-electron chi connectivity index (χ3n) is 2.04. The second kappa shape index (κ2) is 5.38. The molecule has 1 heterocycles. The van der Waals surface area contributed by atoms with Crippen molar-refractivity contribution in [3.05, 3.63) is 46.0 Å². The third kappa shape index (κ3) is 3.11. The lowest BCUT2D eigenvalue weighted by molar-refractivity contribution is 0.392. The Morgan fingerprint density at radius 1 is 1.24 bits per heavy atom. The Hall–Kier alpha value is -1.26. The summed E-state index contributed by atoms with van der Waals surface area (Å²) in [5, 5.41) is 0.545. The summed E-state index contributed by atoms with van der Waals surface area (Å²) < 4.78 is 11.6. The number of halogens is 2. The van der Waals surface area contributed by atoms with Gasteiger partial charge in [-0.25, -0.2) is 4.98 Å². The Morgan fingerprint density at radius 2 is 2.06 bits per heavy atom. The lowest BCUT2D eigenvalue weighted by atomic mass is 10.3. The second-order valence-electron chi connectivity index (χ2n) is 3.21. The molecule has 0 aliphatic carbocycles. The van der Waals surface area contributed by atoms with Gasteiger partial charge in [0, 0.05) is 16.7 Å². The zero-order chi connectivity index (χ0) is 12.3. The topological polar surface area (TPSA) is 31.4 Å². The van der Waals surface area contributed by atoms with E-state index in [2.05, 4.69) is 20.9 Å². The fourth-order valence-corrected chi connectivity index (χ4v) is 1.74. The molecular weight excluding hydrogens is 305 g/mol. The predicted octanol–water partition coefficient (Wildman–Crippen LogP) is 4.30. The third-order valence-corrected chi connectivity index (χ3v) is 2.84. The SMILES string of the molecule is COc1cc(Oc2cc(Br)ccc2Cl)ccn1. The van der Waals surface area contributed by atoms with Crippen molar-refractivity contribution in [3.8, 4) is 17.4 Å². The van der Waals surface area contributed by atoms with Crippen molar-refractivity contribution < 1.29 is 9.47 Å². The van der Waals surface area contributed by atoms with E-state index < -0.39 is 0 Å². The molecule has 0 amide bonds. The summed E-state index contributed by atoms with van der Waals surface area (Å²) in [4.78, 5) is 4.00. The first kappa shape index (κ1) is 12.2. The van der Waals surface area contributed by atoms with Crippen LogP contribution in [-0.4, -0.2) is 12.1 Å². The van der Waals surface area contributed by atoms with Gasteiger partial charge in [0.1, 0.15) is 11.5 Å².